The largest absolute Gasteiger partial charge is 0.494 e. The molecular weight excluding hydrogens is 382 g/mol. The number of nitrogens with zero attached hydrogens (tertiary/aromatic N) is 2. The number of methoxy groups -OCH3 is 1. The maximum Gasteiger partial charge on any atom is 0.229 e. The third-order valence-corrected chi connectivity index (χ3v) is 6.19. The fourth-order valence-corrected chi connectivity index (χ4v) is 4.42. The van der Waals surface area contributed by atoms with Gasteiger partial charge in [-0.15, -0.1) is 0 Å². The van der Waals surface area contributed by atoms with Crippen LogP contribution in [0.15, 0.2) is 42.5 Å². The van der Waals surface area contributed by atoms with Crippen LogP contribution in [0.2, 0.25) is 0 Å². The fraction of sp³-hybridized carbons (Fsp3) is 0.391. The van der Waals surface area contributed by atoms with Gasteiger partial charge in [0.1, 0.15) is 11.3 Å². The summed E-state index contributed by atoms with van der Waals surface area (Å²) in [5, 5.41) is 0.763. The smallest absolute Gasteiger partial charge is 0.229 e. The molecule has 1 N–H and O–H groups in total. The molecule has 0 unspecified atom stereocenters. The molecule has 6 heteroatoms. The Bertz CT molecular complexity index is 953. The summed E-state index contributed by atoms with van der Waals surface area (Å²) in [5.74, 6) is 0.876. The maximum atomic E-state index is 13.2. The summed E-state index contributed by atoms with van der Waals surface area (Å²) in [7, 11) is 5.92. The van der Waals surface area contributed by atoms with Crippen LogP contribution in [0.1, 0.15) is 24.0 Å². The lowest BCUT2D eigenvalue weighted by Gasteiger charge is -2.20. The number of anilines is 1. The van der Waals surface area contributed by atoms with E-state index in [0.717, 1.165) is 46.0 Å². The quantitative estimate of drug-likeness (QED) is 0.587. The van der Waals surface area contributed by atoms with Gasteiger partial charge in [0.2, 0.25) is 5.91 Å². The Morgan fingerprint density at radius 2 is 1.93 bits per heavy atom. The van der Waals surface area contributed by atoms with Crippen LogP contribution in [0.5, 0.6) is 5.75 Å². The van der Waals surface area contributed by atoms with Gasteiger partial charge < -0.3 is 9.64 Å². The third-order valence-electron chi connectivity index (χ3n) is 4.97. The summed E-state index contributed by atoms with van der Waals surface area (Å²) < 4.78 is 6.57. The van der Waals surface area contributed by atoms with Gasteiger partial charge in [-0.2, -0.15) is 0 Å². The Morgan fingerprint density at radius 3 is 2.62 bits per heavy atom. The van der Waals surface area contributed by atoms with Gasteiger partial charge >= 0.3 is 0 Å². The molecule has 0 bridgehead atoms. The predicted octanol–water partition coefficient (Wildman–Crippen LogP) is 3.11. The van der Waals surface area contributed by atoms with E-state index in [4.69, 9.17) is 9.72 Å². The molecule has 5 nitrogen and oxygen atoms in total. The van der Waals surface area contributed by atoms with Crippen LogP contribution in [0, 0.1) is 6.92 Å². The fourth-order valence-electron chi connectivity index (χ4n) is 3.33. The number of ether oxygens (including phenoxy) is 1. The highest BCUT2D eigenvalue weighted by Gasteiger charge is 2.21. The summed E-state index contributed by atoms with van der Waals surface area (Å²) in [6, 6.07) is 14.1. The van der Waals surface area contributed by atoms with Crippen molar-refractivity contribution in [2.24, 2.45) is 0 Å². The van der Waals surface area contributed by atoms with E-state index >= 15 is 0 Å². The van der Waals surface area contributed by atoms with Crippen LogP contribution in [0.4, 0.5) is 5.13 Å². The Hall–Kier alpha value is -2.44. The molecule has 154 valence electrons. The summed E-state index contributed by atoms with van der Waals surface area (Å²) >= 11 is 1.58. The van der Waals surface area contributed by atoms with Crippen molar-refractivity contribution in [1.29, 1.82) is 0 Å². The lowest BCUT2D eigenvalue weighted by atomic mass is 10.1. The minimum atomic E-state index is 0.123. The molecule has 29 heavy (non-hydrogen) atoms. The van der Waals surface area contributed by atoms with E-state index in [2.05, 4.69) is 33.2 Å². The number of carbonyl (C=O) groups excluding carboxylic acids is 1. The summed E-state index contributed by atoms with van der Waals surface area (Å²) in [4.78, 5) is 21.2. The molecule has 0 aliphatic rings. The number of benzene rings is 2. The molecule has 3 rings (SSSR count). The van der Waals surface area contributed by atoms with Crippen LogP contribution >= 0.6 is 11.3 Å². The number of nitrogens with one attached hydrogen (secondary N) is 1. The topological polar surface area (TPSA) is 46.9 Å². The molecule has 0 aliphatic carbocycles. The molecule has 2 aromatic carbocycles. The predicted molar refractivity (Wildman–Crippen MR) is 120 cm³/mol. The van der Waals surface area contributed by atoms with Crippen molar-refractivity contribution in [2.45, 2.75) is 26.2 Å². The lowest BCUT2D eigenvalue weighted by molar-refractivity contribution is -0.858. The monoisotopic (exact) mass is 412 g/mol. The zero-order chi connectivity index (χ0) is 20.8. The van der Waals surface area contributed by atoms with E-state index in [0.29, 0.717) is 13.0 Å². The van der Waals surface area contributed by atoms with Gasteiger partial charge in [0, 0.05) is 19.4 Å². The minimum absolute atomic E-state index is 0.123. The molecular formula is C23H30N3O2S+. The van der Waals surface area contributed by atoms with Crippen molar-refractivity contribution < 1.29 is 14.4 Å². The number of thiazole rings is 1. The van der Waals surface area contributed by atoms with E-state index in [1.807, 2.05) is 35.2 Å². The first-order valence-corrected chi connectivity index (χ1v) is 10.9. The van der Waals surface area contributed by atoms with Gasteiger partial charge in [-0.25, -0.2) is 4.98 Å². The molecule has 0 aliphatic heterocycles. The molecule has 0 saturated carbocycles. The molecule has 0 fully saturated rings. The molecule has 0 atom stereocenters. The molecule has 0 radical (unpaired) electrons. The van der Waals surface area contributed by atoms with E-state index in [-0.39, 0.29) is 5.91 Å². The van der Waals surface area contributed by atoms with Crippen LogP contribution in [-0.2, 0) is 11.2 Å². The van der Waals surface area contributed by atoms with Crippen LogP contribution in [-0.4, -0.2) is 45.2 Å². The Morgan fingerprint density at radius 1 is 1.17 bits per heavy atom. The number of amides is 1. The van der Waals surface area contributed by atoms with Crippen molar-refractivity contribution in [3.63, 3.8) is 0 Å². The lowest BCUT2D eigenvalue weighted by Crippen LogP contribution is -3.05. The second kappa shape index (κ2) is 9.85. The van der Waals surface area contributed by atoms with Gasteiger partial charge in [0.15, 0.2) is 5.13 Å². The van der Waals surface area contributed by atoms with Crippen molar-refractivity contribution in [1.82, 2.24) is 4.98 Å². The van der Waals surface area contributed by atoms with Crippen molar-refractivity contribution >= 4 is 32.6 Å². The zero-order valence-corrected chi connectivity index (χ0v) is 18.5. The number of hydrogen-bond donors (Lipinski definition) is 1. The summed E-state index contributed by atoms with van der Waals surface area (Å²) in [6.07, 6.45) is 2.15. The highest BCUT2D eigenvalue weighted by Crippen LogP contribution is 2.36. The van der Waals surface area contributed by atoms with Crippen molar-refractivity contribution in [3.8, 4) is 5.75 Å². The van der Waals surface area contributed by atoms with Crippen molar-refractivity contribution in [3.05, 3.63) is 53.6 Å². The molecule has 3 aromatic rings. The van der Waals surface area contributed by atoms with E-state index < -0.39 is 0 Å². The summed E-state index contributed by atoms with van der Waals surface area (Å²) in [6.45, 7) is 3.76. The SMILES string of the molecule is COc1ccc(C)c2sc(N(CCC[NH+](C)C)C(=O)CCc3ccccc3)nc12. The highest BCUT2D eigenvalue weighted by atomic mass is 32.1. The Kier molecular flexibility index (Phi) is 7.23. The highest BCUT2D eigenvalue weighted by molar-refractivity contribution is 7.22. The number of fused-ring (bicyclic) bond motifs is 1. The maximum absolute atomic E-state index is 13.2. The van der Waals surface area contributed by atoms with Gasteiger partial charge in [0.05, 0.1) is 32.4 Å². The molecule has 0 spiro atoms. The van der Waals surface area contributed by atoms with Gasteiger partial charge in [-0.3, -0.25) is 9.69 Å². The number of aryl methyl sites for hydroxylation is 2. The summed E-state index contributed by atoms with van der Waals surface area (Å²) in [5.41, 5.74) is 3.17. The molecule has 1 amide bonds. The number of carbonyl (C=O) groups is 1. The second-order valence-electron chi connectivity index (χ2n) is 7.60. The molecule has 1 heterocycles. The average molecular weight is 413 g/mol. The van der Waals surface area contributed by atoms with Gasteiger partial charge in [0.25, 0.3) is 0 Å². The Labute approximate surface area is 176 Å². The van der Waals surface area contributed by atoms with E-state index in [9.17, 15) is 4.79 Å². The van der Waals surface area contributed by atoms with Crippen molar-refractivity contribution in [2.75, 3.05) is 39.2 Å². The average Bonchev–Trinajstić information content (AvgIpc) is 3.16. The zero-order valence-electron chi connectivity index (χ0n) is 17.7. The Balaban J connectivity index is 1.85. The number of hydrogen-bond acceptors (Lipinski definition) is 4. The van der Waals surface area contributed by atoms with E-state index in [1.54, 1.807) is 18.4 Å². The first-order chi connectivity index (χ1) is 14.0. The van der Waals surface area contributed by atoms with Crippen LogP contribution in [0.3, 0.4) is 0 Å². The van der Waals surface area contributed by atoms with Crippen LogP contribution in [0.25, 0.3) is 10.2 Å². The first kappa shape index (κ1) is 21.3. The minimum Gasteiger partial charge on any atom is -0.494 e. The number of quaternary nitrogens is 1. The van der Waals surface area contributed by atoms with Crippen LogP contribution < -0.4 is 14.5 Å². The number of rotatable bonds is 9. The number of aromatic nitrogens is 1. The van der Waals surface area contributed by atoms with Gasteiger partial charge in [-0.1, -0.05) is 47.7 Å². The molecule has 1 aromatic heterocycles. The first-order valence-electron chi connectivity index (χ1n) is 10.1. The second-order valence-corrected chi connectivity index (χ2v) is 8.58. The molecule has 0 saturated heterocycles. The normalized spacial score (nSPS) is 11.2. The van der Waals surface area contributed by atoms with Gasteiger partial charge in [-0.05, 0) is 30.5 Å². The third kappa shape index (κ3) is 5.34. The van der Waals surface area contributed by atoms with E-state index in [1.165, 1.54) is 10.5 Å². The standard InChI is InChI=1S/C23H29N3O2S/c1-17-11-13-19(28-4)21-22(17)29-23(24-21)26(16-8-15-25(2)3)20(27)14-12-18-9-6-5-7-10-18/h5-7,9-11,13H,8,12,14-16H2,1-4H3/p+1.